The lowest BCUT2D eigenvalue weighted by Gasteiger charge is -2.37. The highest BCUT2D eigenvalue weighted by Crippen LogP contribution is 2.33. The molecule has 1 aromatic rings. The monoisotopic (exact) mass is 287 g/mol. The molecule has 1 aliphatic carbocycles. The average Bonchev–Trinajstić information content (AvgIpc) is 2.83. The molecule has 0 radical (unpaired) electrons. The molecule has 3 rings (SSSR count). The van der Waals surface area contributed by atoms with Gasteiger partial charge in [-0.15, -0.1) is 0 Å². The van der Waals surface area contributed by atoms with Crippen molar-refractivity contribution in [1.82, 2.24) is 0 Å². The quantitative estimate of drug-likeness (QED) is 0.889. The fourth-order valence-electron chi connectivity index (χ4n) is 3.04. The predicted molar refractivity (Wildman–Crippen MR) is 82.0 cm³/mol. The minimum atomic E-state index is -0.331. The predicted octanol–water partition coefficient (Wildman–Crippen LogP) is 2.02. The Morgan fingerprint density at radius 3 is 2.67 bits per heavy atom. The van der Waals surface area contributed by atoms with Gasteiger partial charge >= 0.3 is 0 Å². The number of nitrogens with zero attached hydrogens (tertiary/aromatic N) is 1. The van der Waals surface area contributed by atoms with Crippen LogP contribution in [0.4, 0.5) is 11.4 Å². The van der Waals surface area contributed by atoms with Crippen molar-refractivity contribution in [2.75, 3.05) is 16.8 Å². The van der Waals surface area contributed by atoms with E-state index < -0.39 is 0 Å². The highest BCUT2D eigenvalue weighted by Gasteiger charge is 2.35. The summed E-state index contributed by atoms with van der Waals surface area (Å²) in [5.74, 6) is 0.0438. The summed E-state index contributed by atoms with van der Waals surface area (Å²) < 4.78 is 0. The van der Waals surface area contributed by atoms with Gasteiger partial charge in [-0.05, 0) is 37.8 Å². The maximum Gasteiger partial charge on any atom is 0.227 e. The molecule has 2 fully saturated rings. The first kappa shape index (κ1) is 14.1. The summed E-state index contributed by atoms with van der Waals surface area (Å²) >= 11 is 0. The van der Waals surface area contributed by atoms with Crippen LogP contribution in [0.5, 0.6) is 0 Å². The van der Waals surface area contributed by atoms with Crippen LogP contribution in [-0.2, 0) is 9.59 Å². The molecular formula is C16H21N3O2. The van der Waals surface area contributed by atoms with Gasteiger partial charge < -0.3 is 16.0 Å². The second kappa shape index (κ2) is 5.48. The Kier molecular flexibility index (Phi) is 3.68. The molecule has 0 aromatic heterocycles. The maximum atomic E-state index is 12.2. The number of anilines is 2. The van der Waals surface area contributed by atoms with Gasteiger partial charge in [0.15, 0.2) is 0 Å². The van der Waals surface area contributed by atoms with Crippen molar-refractivity contribution in [2.24, 2.45) is 5.73 Å². The minimum Gasteiger partial charge on any atom is -0.325 e. The van der Waals surface area contributed by atoms with E-state index in [9.17, 15) is 9.59 Å². The molecule has 0 unspecified atom stereocenters. The molecule has 21 heavy (non-hydrogen) atoms. The van der Waals surface area contributed by atoms with Gasteiger partial charge in [0.1, 0.15) is 0 Å². The van der Waals surface area contributed by atoms with E-state index in [2.05, 4.69) is 5.32 Å². The second-order valence-corrected chi connectivity index (χ2v) is 6.11. The van der Waals surface area contributed by atoms with Gasteiger partial charge in [0, 0.05) is 24.9 Å². The molecular weight excluding hydrogens is 266 g/mol. The third-order valence-electron chi connectivity index (χ3n) is 4.40. The molecule has 0 bridgehead atoms. The SMILES string of the molecule is NC1(CC(=O)Nc2ccccc2N2CCCC2=O)CCC1. The van der Waals surface area contributed by atoms with E-state index in [4.69, 9.17) is 5.73 Å². The van der Waals surface area contributed by atoms with Crippen molar-refractivity contribution >= 4 is 23.2 Å². The molecule has 1 heterocycles. The smallest absolute Gasteiger partial charge is 0.227 e. The van der Waals surface area contributed by atoms with E-state index in [0.29, 0.717) is 25.1 Å². The van der Waals surface area contributed by atoms with Gasteiger partial charge in [0.05, 0.1) is 11.4 Å². The molecule has 1 aromatic carbocycles. The maximum absolute atomic E-state index is 12.2. The number of carbonyl (C=O) groups is 2. The standard InChI is InChI=1S/C16H21N3O2/c17-16(8-4-9-16)11-14(20)18-12-5-1-2-6-13(12)19-10-3-7-15(19)21/h1-2,5-6H,3-4,7-11,17H2,(H,18,20). The summed E-state index contributed by atoms with van der Waals surface area (Å²) in [6.45, 7) is 0.715. The zero-order valence-corrected chi connectivity index (χ0v) is 12.1. The number of para-hydroxylation sites is 2. The van der Waals surface area contributed by atoms with Gasteiger partial charge in [-0.2, -0.15) is 0 Å². The van der Waals surface area contributed by atoms with Crippen LogP contribution in [0.15, 0.2) is 24.3 Å². The van der Waals surface area contributed by atoms with E-state index in [-0.39, 0.29) is 17.4 Å². The number of amides is 2. The lowest BCUT2D eigenvalue weighted by Crippen LogP contribution is -2.49. The first-order chi connectivity index (χ1) is 10.1. The molecule has 1 saturated carbocycles. The molecule has 1 saturated heterocycles. The molecule has 112 valence electrons. The molecule has 0 spiro atoms. The van der Waals surface area contributed by atoms with Crippen molar-refractivity contribution in [3.63, 3.8) is 0 Å². The zero-order chi connectivity index (χ0) is 14.9. The number of hydrogen-bond donors (Lipinski definition) is 2. The van der Waals surface area contributed by atoms with Gasteiger partial charge in [0.25, 0.3) is 0 Å². The fourth-order valence-corrected chi connectivity index (χ4v) is 3.04. The van der Waals surface area contributed by atoms with Gasteiger partial charge in [-0.25, -0.2) is 0 Å². The van der Waals surface area contributed by atoms with Crippen molar-refractivity contribution in [3.8, 4) is 0 Å². The van der Waals surface area contributed by atoms with E-state index in [0.717, 1.165) is 31.4 Å². The number of nitrogens with one attached hydrogen (secondary N) is 1. The third-order valence-corrected chi connectivity index (χ3v) is 4.40. The van der Waals surface area contributed by atoms with Crippen LogP contribution >= 0.6 is 0 Å². The summed E-state index contributed by atoms with van der Waals surface area (Å²) in [5.41, 5.74) is 7.26. The molecule has 5 nitrogen and oxygen atoms in total. The summed E-state index contributed by atoms with van der Waals surface area (Å²) in [6, 6.07) is 7.46. The number of rotatable bonds is 4. The first-order valence-electron chi connectivity index (χ1n) is 7.56. The minimum absolute atomic E-state index is 0.0729. The van der Waals surface area contributed by atoms with Crippen molar-refractivity contribution in [3.05, 3.63) is 24.3 Å². The highest BCUT2D eigenvalue weighted by atomic mass is 16.2. The molecule has 1 aliphatic heterocycles. The zero-order valence-electron chi connectivity index (χ0n) is 12.1. The van der Waals surface area contributed by atoms with Gasteiger partial charge in [-0.3, -0.25) is 9.59 Å². The van der Waals surface area contributed by atoms with Crippen LogP contribution in [0.25, 0.3) is 0 Å². The Balaban J connectivity index is 1.73. The largest absolute Gasteiger partial charge is 0.325 e. The summed E-state index contributed by atoms with van der Waals surface area (Å²) in [5, 5.41) is 2.92. The molecule has 2 amide bonds. The van der Waals surface area contributed by atoms with E-state index in [1.165, 1.54) is 0 Å². The van der Waals surface area contributed by atoms with E-state index >= 15 is 0 Å². The summed E-state index contributed by atoms with van der Waals surface area (Å²) in [4.78, 5) is 25.8. The Hall–Kier alpha value is -1.88. The lowest BCUT2D eigenvalue weighted by atomic mass is 9.75. The average molecular weight is 287 g/mol. The Labute approximate surface area is 124 Å². The normalized spacial score (nSPS) is 20.2. The Morgan fingerprint density at radius 2 is 2.05 bits per heavy atom. The first-order valence-corrected chi connectivity index (χ1v) is 7.56. The van der Waals surface area contributed by atoms with Crippen LogP contribution in [0.2, 0.25) is 0 Å². The van der Waals surface area contributed by atoms with E-state index in [1.807, 2.05) is 24.3 Å². The van der Waals surface area contributed by atoms with Crippen molar-refractivity contribution in [1.29, 1.82) is 0 Å². The Bertz CT molecular complexity index is 566. The van der Waals surface area contributed by atoms with Crippen molar-refractivity contribution < 1.29 is 9.59 Å². The molecule has 3 N–H and O–H groups in total. The topological polar surface area (TPSA) is 75.4 Å². The Morgan fingerprint density at radius 1 is 1.29 bits per heavy atom. The van der Waals surface area contributed by atoms with Crippen LogP contribution in [0, 0.1) is 0 Å². The third kappa shape index (κ3) is 2.93. The number of nitrogens with two attached hydrogens (primary N) is 1. The van der Waals surface area contributed by atoms with Crippen LogP contribution in [0.1, 0.15) is 38.5 Å². The molecule has 2 aliphatic rings. The lowest BCUT2D eigenvalue weighted by molar-refractivity contribution is -0.118. The van der Waals surface area contributed by atoms with Crippen LogP contribution in [-0.4, -0.2) is 23.9 Å². The number of hydrogen-bond acceptors (Lipinski definition) is 3. The van der Waals surface area contributed by atoms with Gasteiger partial charge in [-0.1, -0.05) is 12.1 Å². The number of carbonyl (C=O) groups excluding carboxylic acids is 2. The molecule has 0 atom stereocenters. The van der Waals surface area contributed by atoms with Crippen molar-refractivity contribution in [2.45, 2.75) is 44.1 Å². The van der Waals surface area contributed by atoms with Gasteiger partial charge in [0.2, 0.25) is 11.8 Å². The molecule has 5 heteroatoms. The summed E-state index contributed by atoms with van der Waals surface area (Å²) in [6.07, 6.45) is 4.71. The van der Waals surface area contributed by atoms with Crippen LogP contribution in [0.3, 0.4) is 0 Å². The summed E-state index contributed by atoms with van der Waals surface area (Å²) in [7, 11) is 0. The number of benzene rings is 1. The second-order valence-electron chi connectivity index (χ2n) is 6.11. The highest BCUT2D eigenvalue weighted by molar-refractivity contribution is 6.02. The van der Waals surface area contributed by atoms with Crippen LogP contribution < -0.4 is 16.0 Å². The van der Waals surface area contributed by atoms with E-state index in [1.54, 1.807) is 4.90 Å². The fraction of sp³-hybridized carbons (Fsp3) is 0.500.